The van der Waals surface area contributed by atoms with E-state index >= 15 is 0 Å². The second kappa shape index (κ2) is 7.12. The zero-order valence-corrected chi connectivity index (χ0v) is 11.4. The first-order valence-electron chi connectivity index (χ1n) is 6.26. The summed E-state index contributed by atoms with van der Waals surface area (Å²) in [6.07, 6.45) is 5.60. The summed E-state index contributed by atoms with van der Waals surface area (Å²) in [5.74, 6) is 0. The lowest BCUT2D eigenvalue weighted by Gasteiger charge is -2.07. The number of benzene rings is 1. The Bertz CT molecular complexity index is 517. The molecule has 0 saturated carbocycles. The van der Waals surface area contributed by atoms with Crippen LogP contribution >= 0.6 is 11.6 Å². The highest BCUT2D eigenvalue weighted by molar-refractivity contribution is 6.31. The monoisotopic (exact) mass is 276 g/mol. The number of pyridine rings is 1. The van der Waals surface area contributed by atoms with Crippen LogP contribution < -0.4 is 5.73 Å². The SMILES string of the molecule is Nc1ccc(COCCCc2ccncc2)c(Cl)c1. The molecule has 1 heterocycles. The van der Waals surface area contributed by atoms with E-state index in [-0.39, 0.29) is 0 Å². The summed E-state index contributed by atoms with van der Waals surface area (Å²) in [4.78, 5) is 3.99. The lowest BCUT2D eigenvalue weighted by atomic mass is 10.1. The minimum absolute atomic E-state index is 0.523. The molecule has 0 unspecified atom stereocenters. The quantitative estimate of drug-likeness (QED) is 0.649. The van der Waals surface area contributed by atoms with Gasteiger partial charge in [-0.1, -0.05) is 17.7 Å². The fourth-order valence-electron chi connectivity index (χ4n) is 1.79. The summed E-state index contributed by atoms with van der Waals surface area (Å²) in [7, 11) is 0. The van der Waals surface area contributed by atoms with Crippen molar-refractivity contribution < 1.29 is 4.74 Å². The van der Waals surface area contributed by atoms with Gasteiger partial charge in [-0.3, -0.25) is 4.98 Å². The maximum atomic E-state index is 6.07. The van der Waals surface area contributed by atoms with Crippen molar-refractivity contribution in [2.75, 3.05) is 12.3 Å². The number of hydrogen-bond acceptors (Lipinski definition) is 3. The van der Waals surface area contributed by atoms with Crippen molar-refractivity contribution in [1.82, 2.24) is 4.98 Å². The van der Waals surface area contributed by atoms with Crippen molar-refractivity contribution in [1.29, 1.82) is 0 Å². The minimum atomic E-state index is 0.523. The zero-order chi connectivity index (χ0) is 13.5. The molecule has 0 fully saturated rings. The molecule has 4 heteroatoms. The summed E-state index contributed by atoms with van der Waals surface area (Å²) in [6.45, 7) is 1.23. The number of aromatic nitrogens is 1. The molecule has 0 bridgehead atoms. The molecule has 1 aromatic heterocycles. The van der Waals surface area contributed by atoms with Gasteiger partial charge in [-0.25, -0.2) is 0 Å². The molecule has 2 rings (SSSR count). The van der Waals surface area contributed by atoms with Crippen LogP contribution in [-0.2, 0) is 17.8 Å². The van der Waals surface area contributed by atoms with Crippen LogP contribution in [0.15, 0.2) is 42.7 Å². The van der Waals surface area contributed by atoms with E-state index in [0.717, 1.165) is 18.4 Å². The van der Waals surface area contributed by atoms with Crippen molar-refractivity contribution in [3.8, 4) is 0 Å². The second-order valence-corrected chi connectivity index (χ2v) is 4.77. The lowest BCUT2D eigenvalue weighted by molar-refractivity contribution is 0.119. The van der Waals surface area contributed by atoms with Crippen LogP contribution in [0.1, 0.15) is 17.5 Å². The largest absolute Gasteiger partial charge is 0.399 e. The van der Waals surface area contributed by atoms with Gasteiger partial charge >= 0.3 is 0 Å². The number of ether oxygens (including phenoxy) is 1. The van der Waals surface area contributed by atoms with E-state index in [1.165, 1.54) is 5.56 Å². The number of aryl methyl sites for hydroxylation is 1. The van der Waals surface area contributed by atoms with E-state index in [1.807, 2.05) is 36.7 Å². The Hall–Kier alpha value is -1.58. The van der Waals surface area contributed by atoms with Gasteiger partial charge < -0.3 is 10.5 Å². The number of nitrogens with zero attached hydrogens (tertiary/aromatic N) is 1. The molecule has 0 aliphatic heterocycles. The molecule has 0 saturated heterocycles. The molecular weight excluding hydrogens is 260 g/mol. The Labute approximate surface area is 118 Å². The maximum absolute atomic E-state index is 6.07. The molecule has 3 nitrogen and oxygen atoms in total. The van der Waals surface area contributed by atoms with Crippen LogP contribution in [-0.4, -0.2) is 11.6 Å². The number of rotatable bonds is 6. The van der Waals surface area contributed by atoms with Crippen LogP contribution in [0.4, 0.5) is 5.69 Å². The van der Waals surface area contributed by atoms with Gasteiger partial charge in [0, 0.05) is 29.7 Å². The molecule has 0 atom stereocenters. The van der Waals surface area contributed by atoms with Crippen LogP contribution in [0.25, 0.3) is 0 Å². The Morgan fingerprint density at radius 3 is 2.68 bits per heavy atom. The number of nitrogens with two attached hydrogens (primary N) is 1. The number of nitrogen functional groups attached to an aromatic ring is 1. The van der Waals surface area contributed by atoms with E-state index in [4.69, 9.17) is 22.1 Å². The van der Waals surface area contributed by atoms with Crippen LogP contribution in [0.5, 0.6) is 0 Å². The van der Waals surface area contributed by atoms with Gasteiger partial charge in [-0.2, -0.15) is 0 Å². The van der Waals surface area contributed by atoms with Crippen LogP contribution in [0, 0.1) is 0 Å². The van der Waals surface area contributed by atoms with Gasteiger partial charge in [-0.15, -0.1) is 0 Å². The number of halogens is 1. The molecular formula is C15H17ClN2O. The number of hydrogen-bond donors (Lipinski definition) is 1. The van der Waals surface area contributed by atoms with E-state index in [9.17, 15) is 0 Å². The van der Waals surface area contributed by atoms with Crippen LogP contribution in [0.3, 0.4) is 0 Å². The highest BCUT2D eigenvalue weighted by atomic mass is 35.5. The van der Waals surface area contributed by atoms with Gasteiger partial charge in [0.1, 0.15) is 0 Å². The average Bonchev–Trinajstić information content (AvgIpc) is 2.42. The van der Waals surface area contributed by atoms with E-state index < -0.39 is 0 Å². The van der Waals surface area contributed by atoms with Gasteiger partial charge in [-0.05, 0) is 48.2 Å². The first-order valence-corrected chi connectivity index (χ1v) is 6.64. The summed E-state index contributed by atoms with van der Waals surface area (Å²) < 4.78 is 5.62. The molecule has 19 heavy (non-hydrogen) atoms. The molecule has 0 aliphatic rings. The Morgan fingerprint density at radius 1 is 1.16 bits per heavy atom. The summed E-state index contributed by atoms with van der Waals surface area (Å²) in [5.41, 5.74) is 8.56. The average molecular weight is 277 g/mol. The molecule has 0 spiro atoms. The summed E-state index contributed by atoms with van der Waals surface area (Å²) in [5, 5.41) is 0.661. The predicted octanol–water partition coefficient (Wildman–Crippen LogP) is 3.47. The standard InChI is InChI=1S/C15H17ClN2O/c16-15-10-14(17)4-3-13(15)11-19-9-1-2-12-5-7-18-8-6-12/h3-8,10H,1-2,9,11,17H2. The molecule has 2 aromatic rings. The number of anilines is 1. The summed E-state index contributed by atoms with van der Waals surface area (Å²) >= 11 is 6.07. The first-order chi connectivity index (χ1) is 9.25. The third kappa shape index (κ3) is 4.54. The van der Waals surface area contributed by atoms with Crippen LogP contribution in [0.2, 0.25) is 5.02 Å². The van der Waals surface area contributed by atoms with Crippen molar-refractivity contribution in [3.63, 3.8) is 0 Å². The molecule has 100 valence electrons. The predicted molar refractivity (Wildman–Crippen MR) is 78.1 cm³/mol. The van der Waals surface area contributed by atoms with Gasteiger partial charge in [0.2, 0.25) is 0 Å². The topological polar surface area (TPSA) is 48.1 Å². The van der Waals surface area contributed by atoms with Crippen molar-refractivity contribution in [3.05, 3.63) is 58.9 Å². The maximum Gasteiger partial charge on any atom is 0.0731 e. The molecule has 0 amide bonds. The first kappa shape index (κ1) is 13.8. The van der Waals surface area contributed by atoms with E-state index in [0.29, 0.717) is 23.9 Å². The van der Waals surface area contributed by atoms with Gasteiger partial charge in [0.05, 0.1) is 6.61 Å². The molecule has 0 aliphatic carbocycles. The summed E-state index contributed by atoms with van der Waals surface area (Å²) in [6, 6.07) is 9.53. The Morgan fingerprint density at radius 2 is 1.95 bits per heavy atom. The van der Waals surface area contributed by atoms with Crippen molar-refractivity contribution in [2.45, 2.75) is 19.4 Å². The third-order valence-corrected chi connectivity index (χ3v) is 3.19. The minimum Gasteiger partial charge on any atom is -0.399 e. The van der Waals surface area contributed by atoms with Gasteiger partial charge in [0.25, 0.3) is 0 Å². The molecule has 0 radical (unpaired) electrons. The normalized spacial score (nSPS) is 10.6. The lowest BCUT2D eigenvalue weighted by Crippen LogP contribution is -1.98. The smallest absolute Gasteiger partial charge is 0.0731 e. The van der Waals surface area contributed by atoms with E-state index in [2.05, 4.69) is 4.98 Å². The fourth-order valence-corrected chi connectivity index (χ4v) is 2.03. The Kier molecular flexibility index (Phi) is 5.19. The highest BCUT2D eigenvalue weighted by Crippen LogP contribution is 2.19. The van der Waals surface area contributed by atoms with Gasteiger partial charge in [0.15, 0.2) is 0 Å². The zero-order valence-electron chi connectivity index (χ0n) is 10.7. The molecule has 2 N–H and O–H groups in total. The molecule has 1 aromatic carbocycles. The van der Waals surface area contributed by atoms with Crippen molar-refractivity contribution in [2.24, 2.45) is 0 Å². The fraction of sp³-hybridized carbons (Fsp3) is 0.267. The third-order valence-electron chi connectivity index (χ3n) is 2.84. The second-order valence-electron chi connectivity index (χ2n) is 4.36. The Balaban J connectivity index is 1.69. The van der Waals surface area contributed by atoms with Crippen molar-refractivity contribution >= 4 is 17.3 Å². The van der Waals surface area contributed by atoms with E-state index in [1.54, 1.807) is 6.07 Å². The highest BCUT2D eigenvalue weighted by Gasteiger charge is 2.01.